The fraction of sp³-hybridized carbons (Fsp3) is 0.276. The molecule has 2 aliphatic rings. The van der Waals surface area contributed by atoms with E-state index in [0.717, 1.165) is 22.0 Å². The summed E-state index contributed by atoms with van der Waals surface area (Å²) in [6, 6.07) is 17.3. The van der Waals surface area contributed by atoms with Crippen molar-refractivity contribution in [3.8, 4) is 0 Å². The smallest absolute Gasteiger partial charge is 0.256 e. The lowest BCUT2D eigenvalue weighted by Crippen LogP contribution is -2.57. The van der Waals surface area contributed by atoms with Gasteiger partial charge in [-0.3, -0.25) is 14.4 Å². The van der Waals surface area contributed by atoms with E-state index >= 15 is 0 Å². The summed E-state index contributed by atoms with van der Waals surface area (Å²) in [6.45, 7) is 4.16. The van der Waals surface area contributed by atoms with Gasteiger partial charge in [-0.15, -0.1) is 11.8 Å². The van der Waals surface area contributed by atoms with Crippen molar-refractivity contribution >= 4 is 40.4 Å². The highest BCUT2D eigenvalue weighted by atomic mass is 32.2. The molecular formula is C29H28N4O4S. The molecule has 4 aromatic rings. The number of hydrogen-bond acceptors (Lipinski definition) is 5. The molecule has 38 heavy (non-hydrogen) atoms. The topological polar surface area (TPSA) is 107 Å². The van der Waals surface area contributed by atoms with Crippen LogP contribution in [0.3, 0.4) is 0 Å². The third-order valence-corrected chi connectivity index (χ3v) is 8.83. The van der Waals surface area contributed by atoms with E-state index in [9.17, 15) is 14.4 Å². The van der Waals surface area contributed by atoms with Crippen molar-refractivity contribution in [3.05, 3.63) is 95.6 Å². The zero-order valence-corrected chi connectivity index (χ0v) is 21.9. The number of thioether (sulfide) groups is 1. The maximum Gasteiger partial charge on any atom is 0.256 e. The molecule has 0 saturated carbocycles. The number of benzene rings is 2. The van der Waals surface area contributed by atoms with Crippen LogP contribution in [0, 0.1) is 0 Å². The van der Waals surface area contributed by atoms with Gasteiger partial charge in [0.25, 0.3) is 5.91 Å². The van der Waals surface area contributed by atoms with Crippen LogP contribution in [0.15, 0.2) is 77.5 Å². The van der Waals surface area contributed by atoms with Crippen molar-refractivity contribution < 1.29 is 18.8 Å². The summed E-state index contributed by atoms with van der Waals surface area (Å²) in [7, 11) is 0. The molecule has 2 aliphatic heterocycles. The lowest BCUT2D eigenvalue weighted by molar-refractivity contribution is -0.131. The number of H-pyrrole nitrogens is 1. The Balaban J connectivity index is 1.27. The van der Waals surface area contributed by atoms with Gasteiger partial charge in [-0.05, 0) is 49.2 Å². The first-order chi connectivity index (χ1) is 18.3. The molecule has 6 rings (SSSR count). The van der Waals surface area contributed by atoms with Crippen LogP contribution in [-0.2, 0) is 22.6 Å². The minimum absolute atomic E-state index is 0.153. The predicted octanol–water partition coefficient (Wildman–Crippen LogP) is 4.15. The summed E-state index contributed by atoms with van der Waals surface area (Å²) in [5, 5.41) is 6.65. The van der Waals surface area contributed by atoms with E-state index in [1.165, 1.54) is 0 Å². The van der Waals surface area contributed by atoms with Crippen molar-refractivity contribution in [2.24, 2.45) is 0 Å². The average Bonchev–Trinajstić information content (AvgIpc) is 3.68. The molecule has 1 saturated heterocycles. The van der Waals surface area contributed by atoms with Crippen LogP contribution in [0.25, 0.3) is 10.9 Å². The molecule has 2 aromatic heterocycles. The van der Waals surface area contributed by atoms with Crippen LogP contribution in [0.4, 0.5) is 0 Å². The van der Waals surface area contributed by atoms with Gasteiger partial charge < -0.3 is 24.9 Å². The van der Waals surface area contributed by atoms with Gasteiger partial charge in [0.1, 0.15) is 23.2 Å². The Hall–Kier alpha value is -3.98. The summed E-state index contributed by atoms with van der Waals surface area (Å²) in [4.78, 5) is 45.6. The van der Waals surface area contributed by atoms with Crippen LogP contribution in [-0.4, -0.2) is 44.4 Å². The summed E-state index contributed by atoms with van der Waals surface area (Å²) in [5.74, 6) is -0.202. The lowest BCUT2D eigenvalue weighted by atomic mass is 9.99. The maximum atomic E-state index is 13.9. The number of fused-ring (bicyclic) bond motifs is 4. The van der Waals surface area contributed by atoms with Gasteiger partial charge in [0.2, 0.25) is 11.8 Å². The predicted molar refractivity (Wildman–Crippen MR) is 145 cm³/mol. The number of furan rings is 1. The number of aromatic nitrogens is 1. The number of nitrogens with one attached hydrogen (secondary N) is 3. The Morgan fingerprint density at radius 2 is 1.89 bits per heavy atom. The molecule has 1 fully saturated rings. The van der Waals surface area contributed by atoms with Gasteiger partial charge in [-0.25, -0.2) is 0 Å². The number of rotatable bonds is 7. The van der Waals surface area contributed by atoms with Crippen molar-refractivity contribution in [1.29, 1.82) is 0 Å². The highest BCUT2D eigenvalue weighted by Gasteiger charge is 2.57. The van der Waals surface area contributed by atoms with Crippen LogP contribution in [0.1, 0.15) is 46.5 Å². The first-order valence-electron chi connectivity index (χ1n) is 12.6. The summed E-state index contributed by atoms with van der Waals surface area (Å²) < 4.78 is 4.81. The lowest BCUT2D eigenvalue weighted by Gasteiger charge is -2.31. The second-order valence-electron chi connectivity index (χ2n) is 10.2. The standard InChI is InChI=1S/C29H28N4O4S/c1-29(2)24(33-27(36)20-10-3-4-11-21(20)28(33)38-29)26(35)32-23(25(34)31-16-18-8-7-13-37-18)14-17-15-30-22-12-6-5-9-19(17)22/h3-13,15,23-24,28,30H,14,16H2,1-2H3,(H,31,34)(H,32,35)/t23-,24+,28-/m0/s1. The quantitative estimate of drug-likeness (QED) is 0.334. The van der Waals surface area contributed by atoms with E-state index in [4.69, 9.17) is 4.42 Å². The first kappa shape index (κ1) is 24.4. The number of nitrogens with zero attached hydrogens (tertiary/aromatic N) is 1. The minimum Gasteiger partial charge on any atom is -0.467 e. The van der Waals surface area contributed by atoms with Crippen LogP contribution >= 0.6 is 11.8 Å². The van der Waals surface area contributed by atoms with E-state index in [2.05, 4.69) is 15.6 Å². The van der Waals surface area contributed by atoms with E-state index in [-0.39, 0.29) is 36.1 Å². The molecule has 3 atom stereocenters. The molecule has 2 aromatic carbocycles. The molecule has 0 spiro atoms. The Kier molecular flexibility index (Phi) is 6.03. The van der Waals surface area contributed by atoms with Gasteiger partial charge in [0.15, 0.2) is 0 Å². The van der Waals surface area contributed by atoms with Gasteiger partial charge in [0.05, 0.1) is 12.8 Å². The van der Waals surface area contributed by atoms with Gasteiger partial charge in [-0.1, -0.05) is 36.4 Å². The van der Waals surface area contributed by atoms with E-state index < -0.39 is 16.8 Å². The summed E-state index contributed by atoms with van der Waals surface area (Å²) >= 11 is 1.60. The Bertz CT molecular complexity index is 1530. The SMILES string of the molecule is CC1(C)S[C@H]2c3ccccc3C(=O)N2[C@@H]1C(=O)N[C@@H](Cc1c[nH]c2ccccc12)C(=O)NCc1ccco1. The first-order valence-corrected chi connectivity index (χ1v) is 13.5. The molecule has 4 heterocycles. The Labute approximate surface area is 224 Å². The fourth-order valence-electron chi connectivity index (χ4n) is 5.50. The van der Waals surface area contributed by atoms with Crippen LogP contribution in [0.5, 0.6) is 0 Å². The van der Waals surface area contributed by atoms with E-state index in [1.807, 2.05) is 62.5 Å². The highest BCUT2D eigenvalue weighted by Crippen LogP contribution is 2.56. The largest absolute Gasteiger partial charge is 0.467 e. The van der Waals surface area contributed by atoms with Crippen LogP contribution in [0.2, 0.25) is 0 Å². The molecular weight excluding hydrogens is 500 g/mol. The van der Waals surface area contributed by atoms with Gasteiger partial charge in [-0.2, -0.15) is 0 Å². The molecule has 0 bridgehead atoms. The Morgan fingerprint density at radius 1 is 1.11 bits per heavy atom. The average molecular weight is 529 g/mol. The van der Waals surface area contributed by atoms with Crippen molar-refractivity contribution in [3.63, 3.8) is 0 Å². The van der Waals surface area contributed by atoms with Crippen LogP contribution < -0.4 is 10.6 Å². The minimum atomic E-state index is -0.850. The molecule has 194 valence electrons. The number of hydrogen-bond donors (Lipinski definition) is 3. The zero-order chi connectivity index (χ0) is 26.4. The van der Waals surface area contributed by atoms with Crippen molar-refractivity contribution in [1.82, 2.24) is 20.5 Å². The summed E-state index contributed by atoms with van der Waals surface area (Å²) in [5.41, 5.74) is 3.43. The van der Waals surface area contributed by atoms with Gasteiger partial charge >= 0.3 is 0 Å². The number of carbonyl (C=O) groups is 3. The second kappa shape index (κ2) is 9.40. The fourth-order valence-corrected chi connectivity index (χ4v) is 7.08. The number of amides is 3. The normalized spacial score (nSPS) is 20.3. The number of para-hydroxylation sites is 1. The Morgan fingerprint density at radius 3 is 2.71 bits per heavy atom. The molecule has 8 nitrogen and oxygen atoms in total. The third kappa shape index (κ3) is 4.16. The molecule has 0 radical (unpaired) electrons. The molecule has 3 amide bonds. The molecule has 0 unspecified atom stereocenters. The molecule has 0 aliphatic carbocycles. The number of aromatic amines is 1. The maximum absolute atomic E-state index is 13.9. The highest BCUT2D eigenvalue weighted by molar-refractivity contribution is 8.01. The zero-order valence-electron chi connectivity index (χ0n) is 21.1. The van der Waals surface area contributed by atoms with Crippen molar-refractivity contribution in [2.45, 2.75) is 49.0 Å². The monoisotopic (exact) mass is 528 g/mol. The van der Waals surface area contributed by atoms with Gasteiger partial charge in [0, 0.05) is 33.8 Å². The van der Waals surface area contributed by atoms with E-state index in [0.29, 0.717) is 11.3 Å². The third-order valence-electron chi connectivity index (χ3n) is 7.29. The molecule has 9 heteroatoms. The van der Waals surface area contributed by atoms with E-state index in [1.54, 1.807) is 41.1 Å². The van der Waals surface area contributed by atoms with Crippen molar-refractivity contribution in [2.75, 3.05) is 0 Å². The summed E-state index contributed by atoms with van der Waals surface area (Å²) in [6.07, 6.45) is 3.71. The molecule has 3 N–H and O–H groups in total. The second-order valence-corrected chi connectivity index (χ2v) is 11.9. The number of carbonyl (C=O) groups excluding carboxylic acids is 3.